The van der Waals surface area contributed by atoms with Crippen LogP contribution in [0.25, 0.3) is 0 Å². The minimum absolute atomic E-state index is 0.0662. The molecular formula is C18H19NO4. The van der Waals surface area contributed by atoms with Crippen LogP contribution in [0.3, 0.4) is 0 Å². The summed E-state index contributed by atoms with van der Waals surface area (Å²) < 4.78 is 16.4. The second kappa shape index (κ2) is 6.60. The molecule has 0 radical (unpaired) electrons. The Balaban J connectivity index is 1.70. The number of methoxy groups -OCH3 is 2. The van der Waals surface area contributed by atoms with E-state index in [4.69, 9.17) is 14.2 Å². The highest BCUT2D eigenvalue weighted by atomic mass is 16.5. The highest BCUT2D eigenvalue weighted by Gasteiger charge is 2.15. The van der Waals surface area contributed by atoms with E-state index in [2.05, 4.69) is 5.32 Å². The fraction of sp³-hybridized carbons (Fsp3) is 0.278. The van der Waals surface area contributed by atoms with Crippen molar-refractivity contribution in [3.63, 3.8) is 0 Å². The van der Waals surface area contributed by atoms with Crippen molar-refractivity contribution >= 4 is 11.6 Å². The summed E-state index contributed by atoms with van der Waals surface area (Å²) >= 11 is 0. The van der Waals surface area contributed by atoms with Gasteiger partial charge in [0.15, 0.2) is 11.5 Å². The van der Waals surface area contributed by atoms with E-state index in [9.17, 15) is 4.79 Å². The molecule has 1 N–H and O–H groups in total. The number of nitrogens with one attached hydrogen (secondary N) is 1. The zero-order valence-corrected chi connectivity index (χ0v) is 13.2. The minimum atomic E-state index is 0.0662. The van der Waals surface area contributed by atoms with E-state index in [-0.39, 0.29) is 5.91 Å². The van der Waals surface area contributed by atoms with E-state index in [1.165, 1.54) is 0 Å². The molecule has 0 saturated carbocycles. The third-order valence-electron chi connectivity index (χ3n) is 3.83. The molecule has 5 nitrogen and oxygen atoms in total. The monoisotopic (exact) mass is 313 g/mol. The molecular weight excluding hydrogens is 294 g/mol. The van der Waals surface area contributed by atoms with Gasteiger partial charge in [-0.05, 0) is 47.9 Å². The number of aryl methyl sites for hydroxylation is 1. The molecule has 120 valence electrons. The Labute approximate surface area is 135 Å². The average molecular weight is 313 g/mol. The number of amides is 1. The van der Waals surface area contributed by atoms with E-state index in [0.717, 1.165) is 29.0 Å². The number of carbonyl (C=O) groups excluding carboxylic acids is 1. The lowest BCUT2D eigenvalue weighted by molar-refractivity contribution is -0.116. The predicted octanol–water partition coefficient (Wildman–Crippen LogP) is 3.17. The summed E-state index contributed by atoms with van der Waals surface area (Å²) in [5.74, 6) is 2.23. The molecule has 2 aromatic carbocycles. The SMILES string of the molecule is COc1ccc(COc2ccc3c(c2)CCC(=O)N3)cc1OC. The summed E-state index contributed by atoms with van der Waals surface area (Å²) in [5.41, 5.74) is 2.97. The Morgan fingerprint density at radius 2 is 1.83 bits per heavy atom. The van der Waals surface area contributed by atoms with Crippen molar-refractivity contribution in [3.05, 3.63) is 47.5 Å². The largest absolute Gasteiger partial charge is 0.493 e. The van der Waals surface area contributed by atoms with Crippen LogP contribution in [-0.2, 0) is 17.8 Å². The molecule has 0 spiro atoms. The molecule has 1 heterocycles. The van der Waals surface area contributed by atoms with Crippen LogP contribution in [0.5, 0.6) is 17.2 Å². The standard InChI is InChI=1S/C18H19NO4/c1-21-16-7-3-12(9-17(16)22-2)11-23-14-5-6-15-13(10-14)4-8-18(20)19-15/h3,5-7,9-10H,4,8,11H2,1-2H3,(H,19,20). The molecule has 1 aliphatic rings. The number of hydrogen-bond acceptors (Lipinski definition) is 4. The maximum atomic E-state index is 11.4. The number of ether oxygens (including phenoxy) is 3. The Morgan fingerprint density at radius 1 is 1.00 bits per heavy atom. The number of benzene rings is 2. The van der Waals surface area contributed by atoms with E-state index in [1.807, 2.05) is 36.4 Å². The zero-order chi connectivity index (χ0) is 16.2. The molecule has 1 amide bonds. The van der Waals surface area contributed by atoms with Gasteiger partial charge in [0.25, 0.3) is 0 Å². The minimum Gasteiger partial charge on any atom is -0.493 e. The van der Waals surface area contributed by atoms with Gasteiger partial charge in [-0.2, -0.15) is 0 Å². The second-order valence-corrected chi connectivity index (χ2v) is 5.35. The highest BCUT2D eigenvalue weighted by molar-refractivity contribution is 5.93. The number of fused-ring (bicyclic) bond motifs is 1. The number of anilines is 1. The number of hydrogen-bond donors (Lipinski definition) is 1. The first-order valence-corrected chi connectivity index (χ1v) is 7.46. The van der Waals surface area contributed by atoms with E-state index in [1.54, 1.807) is 14.2 Å². The lowest BCUT2D eigenvalue weighted by Crippen LogP contribution is -2.18. The predicted molar refractivity (Wildman–Crippen MR) is 87.3 cm³/mol. The van der Waals surface area contributed by atoms with Gasteiger partial charge in [-0.25, -0.2) is 0 Å². The average Bonchev–Trinajstić information content (AvgIpc) is 2.59. The van der Waals surface area contributed by atoms with Crippen LogP contribution in [0, 0.1) is 0 Å². The van der Waals surface area contributed by atoms with Gasteiger partial charge in [0, 0.05) is 12.1 Å². The first-order chi connectivity index (χ1) is 11.2. The van der Waals surface area contributed by atoms with Crippen molar-refractivity contribution in [2.75, 3.05) is 19.5 Å². The lowest BCUT2D eigenvalue weighted by atomic mass is 10.0. The topological polar surface area (TPSA) is 56.8 Å². The van der Waals surface area contributed by atoms with Crippen LogP contribution in [0.1, 0.15) is 17.5 Å². The van der Waals surface area contributed by atoms with Gasteiger partial charge in [0.2, 0.25) is 5.91 Å². The first-order valence-electron chi connectivity index (χ1n) is 7.46. The molecule has 0 aliphatic carbocycles. The van der Waals surface area contributed by atoms with Gasteiger partial charge in [-0.1, -0.05) is 6.07 Å². The fourth-order valence-electron chi connectivity index (χ4n) is 2.59. The van der Waals surface area contributed by atoms with Gasteiger partial charge in [0.05, 0.1) is 14.2 Å². The van der Waals surface area contributed by atoms with Crippen molar-refractivity contribution in [2.24, 2.45) is 0 Å². The van der Waals surface area contributed by atoms with Crippen LogP contribution >= 0.6 is 0 Å². The molecule has 5 heteroatoms. The Bertz CT molecular complexity index is 727. The first kappa shape index (κ1) is 15.2. The molecule has 0 bridgehead atoms. The van der Waals surface area contributed by atoms with Gasteiger partial charge < -0.3 is 19.5 Å². The van der Waals surface area contributed by atoms with Gasteiger partial charge >= 0.3 is 0 Å². The lowest BCUT2D eigenvalue weighted by Gasteiger charge is -2.18. The van der Waals surface area contributed by atoms with Crippen molar-refractivity contribution in [1.29, 1.82) is 0 Å². The number of rotatable bonds is 5. The normalized spacial score (nSPS) is 13.0. The van der Waals surface area contributed by atoms with Crippen molar-refractivity contribution < 1.29 is 19.0 Å². The van der Waals surface area contributed by atoms with Gasteiger partial charge in [-0.3, -0.25) is 4.79 Å². The van der Waals surface area contributed by atoms with Gasteiger partial charge in [-0.15, -0.1) is 0 Å². The smallest absolute Gasteiger partial charge is 0.224 e. The van der Waals surface area contributed by atoms with Crippen LogP contribution < -0.4 is 19.5 Å². The van der Waals surface area contributed by atoms with E-state index in [0.29, 0.717) is 24.5 Å². The maximum Gasteiger partial charge on any atom is 0.224 e. The zero-order valence-electron chi connectivity index (χ0n) is 13.2. The molecule has 0 aromatic heterocycles. The summed E-state index contributed by atoms with van der Waals surface area (Å²) in [6.45, 7) is 0.436. The molecule has 2 aromatic rings. The Hall–Kier alpha value is -2.69. The fourth-order valence-corrected chi connectivity index (χ4v) is 2.59. The summed E-state index contributed by atoms with van der Waals surface area (Å²) in [5, 5.41) is 2.86. The molecule has 3 rings (SSSR count). The Kier molecular flexibility index (Phi) is 4.37. The third-order valence-corrected chi connectivity index (χ3v) is 3.83. The summed E-state index contributed by atoms with van der Waals surface area (Å²) in [6, 6.07) is 11.4. The summed E-state index contributed by atoms with van der Waals surface area (Å²) in [4.78, 5) is 11.4. The van der Waals surface area contributed by atoms with Crippen molar-refractivity contribution in [3.8, 4) is 17.2 Å². The third kappa shape index (κ3) is 3.39. The van der Waals surface area contributed by atoms with Crippen LogP contribution in [0.4, 0.5) is 5.69 Å². The summed E-state index contributed by atoms with van der Waals surface area (Å²) in [7, 11) is 3.22. The van der Waals surface area contributed by atoms with Crippen molar-refractivity contribution in [2.45, 2.75) is 19.4 Å². The second-order valence-electron chi connectivity index (χ2n) is 5.35. The van der Waals surface area contributed by atoms with Crippen LogP contribution in [-0.4, -0.2) is 20.1 Å². The molecule has 0 saturated heterocycles. The quantitative estimate of drug-likeness (QED) is 0.921. The Morgan fingerprint density at radius 3 is 2.61 bits per heavy atom. The summed E-state index contributed by atoms with van der Waals surface area (Å²) in [6.07, 6.45) is 1.26. The molecule has 0 atom stereocenters. The number of carbonyl (C=O) groups is 1. The van der Waals surface area contributed by atoms with Crippen LogP contribution in [0.15, 0.2) is 36.4 Å². The van der Waals surface area contributed by atoms with E-state index >= 15 is 0 Å². The molecule has 0 unspecified atom stereocenters. The highest BCUT2D eigenvalue weighted by Crippen LogP contribution is 2.29. The van der Waals surface area contributed by atoms with E-state index < -0.39 is 0 Å². The molecule has 1 aliphatic heterocycles. The molecule has 23 heavy (non-hydrogen) atoms. The van der Waals surface area contributed by atoms with Crippen LogP contribution in [0.2, 0.25) is 0 Å². The molecule has 0 fully saturated rings. The van der Waals surface area contributed by atoms with Gasteiger partial charge in [0.1, 0.15) is 12.4 Å². The maximum absolute atomic E-state index is 11.4. The van der Waals surface area contributed by atoms with Crippen molar-refractivity contribution in [1.82, 2.24) is 0 Å².